The van der Waals surface area contributed by atoms with Crippen molar-refractivity contribution in [2.24, 2.45) is 5.92 Å². The molecule has 0 rings (SSSR count). The summed E-state index contributed by atoms with van der Waals surface area (Å²) in [6.07, 6.45) is 3.76. The van der Waals surface area contributed by atoms with Crippen LogP contribution >= 0.6 is 0 Å². The molecule has 0 saturated heterocycles. The zero-order valence-corrected chi connectivity index (χ0v) is 9.79. The molecule has 0 saturated carbocycles. The number of hydrogen-bond acceptors (Lipinski definition) is 2. The molecule has 2 atom stereocenters. The molecule has 0 aromatic carbocycles. The van der Waals surface area contributed by atoms with E-state index < -0.39 is 5.97 Å². The quantitative estimate of drug-likeness (QED) is 0.686. The Kier molecular flexibility index (Phi) is 6.54. The summed E-state index contributed by atoms with van der Waals surface area (Å²) >= 11 is 0. The fourth-order valence-electron chi connectivity index (χ4n) is 1.91. The molecule has 0 aromatic heterocycles. The normalized spacial score (nSPS) is 15.5. The summed E-state index contributed by atoms with van der Waals surface area (Å²) in [6.45, 7) is 4.14. The van der Waals surface area contributed by atoms with E-state index in [1.54, 1.807) is 0 Å². The fraction of sp³-hybridized carbons (Fsp3) is 0.909. The molecule has 1 N–H and O–H groups in total. The minimum Gasteiger partial charge on any atom is -0.481 e. The number of nitrogens with zero attached hydrogens (tertiary/aromatic N) is 1. The van der Waals surface area contributed by atoms with Crippen LogP contribution in [0.25, 0.3) is 0 Å². The number of carboxylic acid groups (broad SMARTS) is 1. The van der Waals surface area contributed by atoms with E-state index in [2.05, 4.69) is 6.92 Å². The summed E-state index contributed by atoms with van der Waals surface area (Å²) in [7, 11) is 3.91. The molecule has 3 nitrogen and oxygen atoms in total. The lowest BCUT2D eigenvalue weighted by Gasteiger charge is -2.28. The number of carbonyl (C=O) groups is 1. The lowest BCUT2D eigenvalue weighted by molar-refractivity contribution is -0.144. The van der Waals surface area contributed by atoms with Gasteiger partial charge >= 0.3 is 5.97 Å². The van der Waals surface area contributed by atoms with Crippen LogP contribution < -0.4 is 0 Å². The lowest BCUT2D eigenvalue weighted by Crippen LogP contribution is -2.38. The van der Waals surface area contributed by atoms with Gasteiger partial charge in [-0.15, -0.1) is 0 Å². The molecule has 14 heavy (non-hydrogen) atoms. The molecule has 2 unspecified atom stereocenters. The second-order valence-corrected chi connectivity index (χ2v) is 4.03. The first kappa shape index (κ1) is 13.4. The standard InChI is InChI=1S/C11H23NO2/c1-5-7-8-9(11(13)14)10(6-2)12(3)4/h9-10H,5-8H2,1-4H3,(H,13,14). The van der Waals surface area contributed by atoms with Crippen LogP contribution in [0.4, 0.5) is 0 Å². The third-order valence-corrected chi connectivity index (χ3v) is 2.73. The first-order valence-corrected chi connectivity index (χ1v) is 5.43. The molecule has 0 aromatic rings. The van der Waals surface area contributed by atoms with E-state index in [0.29, 0.717) is 0 Å². The molecule has 0 aliphatic heterocycles. The van der Waals surface area contributed by atoms with Crippen molar-refractivity contribution in [1.29, 1.82) is 0 Å². The lowest BCUT2D eigenvalue weighted by atomic mass is 9.91. The minimum absolute atomic E-state index is 0.166. The summed E-state index contributed by atoms with van der Waals surface area (Å²) < 4.78 is 0. The molecule has 0 amide bonds. The van der Waals surface area contributed by atoms with Crippen molar-refractivity contribution in [3.63, 3.8) is 0 Å². The van der Waals surface area contributed by atoms with Gasteiger partial charge in [-0.05, 0) is 26.9 Å². The highest BCUT2D eigenvalue weighted by Gasteiger charge is 2.27. The van der Waals surface area contributed by atoms with E-state index in [1.165, 1.54) is 0 Å². The van der Waals surface area contributed by atoms with Gasteiger partial charge in [-0.3, -0.25) is 4.79 Å². The second kappa shape index (κ2) is 6.82. The van der Waals surface area contributed by atoms with Gasteiger partial charge in [-0.1, -0.05) is 26.7 Å². The van der Waals surface area contributed by atoms with Crippen LogP contribution in [0.3, 0.4) is 0 Å². The van der Waals surface area contributed by atoms with E-state index in [4.69, 9.17) is 5.11 Å². The molecule has 0 heterocycles. The summed E-state index contributed by atoms with van der Waals surface area (Å²) in [6, 6.07) is 0.166. The van der Waals surface area contributed by atoms with E-state index >= 15 is 0 Å². The number of hydrogen-bond donors (Lipinski definition) is 1. The van der Waals surface area contributed by atoms with E-state index in [1.807, 2.05) is 25.9 Å². The Labute approximate surface area is 87.1 Å². The van der Waals surface area contributed by atoms with E-state index in [0.717, 1.165) is 25.7 Å². The average molecular weight is 201 g/mol. The molecule has 0 fully saturated rings. The second-order valence-electron chi connectivity index (χ2n) is 4.03. The summed E-state index contributed by atoms with van der Waals surface area (Å²) in [5.74, 6) is -0.867. The Hall–Kier alpha value is -0.570. The molecule has 0 radical (unpaired) electrons. The maximum absolute atomic E-state index is 11.1. The van der Waals surface area contributed by atoms with Crippen molar-refractivity contribution in [3.8, 4) is 0 Å². The van der Waals surface area contributed by atoms with Gasteiger partial charge in [-0.2, -0.15) is 0 Å². The molecule has 0 bridgehead atoms. The van der Waals surface area contributed by atoms with Gasteiger partial charge < -0.3 is 10.0 Å². The van der Waals surface area contributed by atoms with Gasteiger partial charge in [0.2, 0.25) is 0 Å². The minimum atomic E-state index is -0.654. The molecular weight excluding hydrogens is 178 g/mol. The average Bonchev–Trinajstić information content (AvgIpc) is 2.10. The third-order valence-electron chi connectivity index (χ3n) is 2.73. The zero-order chi connectivity index (χ0) is 11.1. The van der Waals surface area contributed by atoms with E-state index in [-0.39, 0.29) is 12.0 Å². The van der Waals surface area contributed by atoms with Crippen LogP contribution in [0, 0.1) is 5.92 Å². The maximum atomic E-state index is 11.1. The first-order chi connectivity index (χ1) is 6.54. The monoisotopic (exact) mass is 201 g/mol. The van der Waals surface area contributed by atoms with Gasteiger partial charge in [0.15, 0.2) is 0 Å². The predicted molar refractivity (Wildman–Crippen MR) is 58.4 cm³/mol. The Balaban J connectivity index is 4.36. The topological polar surface area (TPSA) is 40.5 Å². The molecule has 0 aliphatic rings. The fourth-order valence-corrected chi connectivity index (χ4v) is 1.91. The number of unbranched alkanes of at least 4 members (excludes halogenated alkanes) is 1. The Morgan fingerprint density at radius 2 is 1.93 bits per heavy atom. The van der Waals surface area contributed by atoms with Crippen molar-refractivity contribution >= 4 is 5.97 Å². The van der Waals surface area contributed by atoms with Gasteiger partial charge in [0.1, 0.15) is 0 Å². The molecule has 84 valence electrons. The van der Waals surface area contributed by atoms with Gasteiger partial charge in [-0.25, -0.2) is 0 Å². The molecular formula is C11H23NO2. The Morgan fingerprint density at radius 1 is 1.36 bits per heavy atom. The number of aliphatic carboxylic acids is 1. The van der Waals surface area contributed by atoms with E-state index in [9.17, 15) is 4.79 Å². The number of rotatable bonds is 7. The van der Waals surface area contributed by atoms with Crippen molar-refractivity contribution in [2.45, 2.75) is 45.6 Å². The van der Waals surface area contributed by atoms with Crippen LogP contribution in [0.2, 0.25) is 0 Å². The highest BCUT2D eigenvalue weighted by Crippen LogP contribution is 2.19. The van der Waals surface area contributed by atoms with Gasteiger partial charge in [0.25, 0.3) is 0 Å². The molecule has 0 aliphatic carbocycles. The van der Waals surface area contributed by atoms with Crippen LogP contribution in [0.1, 0.15) is 39.5 Å². The highest BCUT2D eigenvalue weighted by molar-refractivity contribution is 5.70. The first-order valence-electron chi connectivity index (χ1n) is 5.43. The molecule has 0 spiro atoms. The SMILES string of the molecule is CCCCC(C(=O)O)C(CC)N(C)C. The number of carboxylic acids is 1. The smallest absolute Gasteiger partial charge is 0.308 e. The van der Waals surface area contributed by atoms with Gasteiger partial charge in [0.05, 0.1) is 5.92 Å². The maximum Gasteiger partial charge on any atom is 0.308 e. The van der Waals surface area contributed by atoms with Crippen LogP contribution in [0.5, 0.6) is 0 Å². The van der Waals surface area contributed by atoms with Crippen molar-refractivity contribution in [2.75, 3.05) is 14.1 Å². The van der Waals surface area contributed by atoms with Crippen molar-refractivity contribution in [1.82, 2.24) is 4.90 Å². The summed E-state index contributed by atoms with van der Waals surface area (Å²) in [5.41, 5.74) is 0. The van der Waals surface area contributed by atoms with Crippen LogP contribution in [-0.4, -0.2) is 36.1 Å². The largest absolute Gasteiger partial charge is 0.481 e. The Morgan fingerprint density at radius 3 is 2.21 bits per heavy atom. The van der Waals surface area contributed by atoms with Crippen LogP contribution in [0.15, 0.2) is 0 Å². The predicted octanol–water partition coefficient (Wildman–Crippen LogP) is 2.22. The molecule has 3 heteroatoms. The van der Waals surface area contributed by atoms with Crippen molar-refractivity contribution < 1.29 is 9.90 Å². The Bertz CT molecular complexity index is 169. The third kappa shape index (κ3) is 4.09. The van der Waals surface area contributed by atoms with Crippen molar-refractivity contribution in [3.05, 3.63) is 0 Å². The highest BCUT2D eigenvalue weighted by atomic mass is 16.4. The summed E-state index contributed by atoms with van der Waals surface area (Å²) in [4.78, 5) is 13.1. The van der Waals surface area contributed by atoms with Gasteiger partial charge in [0, 0.05) is 6.04 Å². The summed E-state index contributed by atoms with van der Waals surface area (Å²) in [5, 5.41) is 9.12. The van der Waals surface area contributed by atoms with Crippen LogP contribution in [-0.2, 0) is 4.79 Å². The zero-order valence-electron chi connectivity index (χ0n) is 9.79.